The van der Waals surface area contributed by atoms with E-state index in [4.69, 9.17) is 4.55 Å². The number of nitrogens with zero attached hydrogens (tertiary/aromatic N) is 4. The Labute approximate surface area is 200 Å². The van der Waals surface area contributed by atoms with Gasteiger partial charge in [0.15, 0.2) is 11.1 Å². The summed E-state index contributed by atoms with van der Waals surface area (Å²) in [6.07, 6.45) is -4.14. The van der Waals surface area contributed by atoms with Crippen LogP contribution in [-0.2, 0) is 27.8 Å². The minimum atomic E-state index is -4.83. The van der Waals surface area contributed by atoms with Crippen molar-refractivity contribution in [2.45, 2.75) is 11.9 Å². The molecule has 1 saturated heterocycles. The third-order valence-corrected chi connectivity index (χ3v) is 6.14. The third-order valence-electron chi connectivity index (χ3n) is 5.56. The number of amides is 1. The Kier molecular flexibility index (Phi) is 7.13. The smallest absolute Gasteiger partial charge is 0.352 e. The second kappa shape index (κ2) is 10.1. The monoisotopic (exact) mass is 508 g/mol. The van der Waals surface area contributed by atoms with Crippen LogP contribution >= 0.6 is 0 Å². The summed E-state index contributed by atoms with van der Waals surface area (Å²) in [7, 11) is 0. The van der Waals surface area contributed by atoms with Gasteiger partial charge in [-0.25, -0.2) is 18.6 Å². The van der Waals surface area contributed by atoms with Crippen molar-refractivity contribution in [2.24, 2.45) is 0 Å². The number of piperazine rings is 1. The van der Waals surface area contributed by atoms with E-state index in [-0.39, 0.29) is 35.9 Å². The molecule has 0 bridgehead atoms. The number of alkyl halides is 3. The number of rotatable bonds is 6. The highest BCUT2D eigenvalue weighted by atomic mass is 32.2. The van der Waals surface area contributed by atoms with Gasteiger partial charge >= 0.3 is 6.18 Å². The molecule has 0 saturated carbocycles. The highest BCUT2D eigenvalue weighted by Crippen LogP contribution is 2.40. The molecule has 7 nitrogen and oxygen atoms in total. The average molecular weight is 508 g/mol. The number of carbonyl (C=O) groups excluding carboxylic acids is 1. The lowest BCUT2D eigenvalue weighted by molar-refractivity contribution is -0.144. The SMILES string of the molecule is O=CN1CCN(c2nc(C(F)(F)F)nc(-c3ccc(CS(=O)O)cc3)c2-c2ccc(F)cc2)CC1. The highest BCUT2D eigenvalue weighted by Gasteiger charge is 2.38. The molecule has 35 heavy (non-hydrogen) atoms. The molecule has 0 spiro atoms. The summed E-state index contributed by atoms with van der Waals surface area (Å²) in [4.78, 5) is 22.0. The summed E-state index contributed by atoms with van der Waals surface area (Å²) in [5.74, 6) is -1.94. The molecule has 1 N–H and O–H groups in total. The van der Waals surface area contributed by atoms with Crippen molar-refractivity contribution in [3.05, 3.63) is 65.7 Å². The van der Waals surface area contributed by atoms with Gasteiger partial charge in [-0.15, -0.1) is 0 Å². The van der Waals surface area contributed by atoms with Gasteiger partial charge in [-0.2, -0.15) is 13.2 Å². The Bertz CT molecular complexity index is 1230. The molecular formula is C23H20F4N4O3S. The van der Waals surface area contributed by atoms with Crippen molar-refractivity contribution in [3.63, 3.8) is 0 Å². The lowest BCUT2D eigenvalue weighted by Crippen LogP contribution is -2.46. The predicted molar refractivity (Wildman–Crippen MR) is 122 cm³/mol. The van der Waals surface area contributed by atoms with Gasteiger partial charge < -0.3 is 14.4 Å². The van der Waals surface area contributed by atoms with Crippen molar-refractivity contribution >= 4 is 23.3 Å². The fourth-order valence-corrected chi connectivity index (χ4v) is 4.31. The number of hydrogen-bond donors (Lipinski definition) is 1. The van der Waals surface area contributed by atoms with Crippen LogP contribution < -0.4 is 4.90 Å². The van der Waals surface area contributed by atoms with Crippen LogP contribution in [0.1, 0.15) is 11.4 Å². The van der Waals surface area contributed by atoms with Crippen LogP contribution in [0.2, 0.25) is 0 Å². The lowest BCUT2D eigenvalue weighted by atomic mass is 9.98. The molecule has 12 heteroatoms. The minimum Gasteiger partial charge on any atom is -0.352 e. The first-order chi connectivity index (χ1) is 16.7. The zero-order chi connectivity index (χ0) is 25.2. The van der Waals surface area contributed by atoms with E-state index in [1.54, 1.807) is 4.90 Å². The maximum atomic E-state index is 13.8. The van der Waals surface area contributed by atoms with E-state index in [0.29, 0.717) is 36.2 Å². The fourth-order valence-electron chi connectivity index (χ4n) is 3.84. The lowest BCUT2D eigenvalue weighted by Gasteiger charge is -2.35. The number of hydrogen-bond acceptors (Lipinski definition) is 5. The van der Waals surface area contributed by atoms with Crippen molar-refractivity contribution < 1.29 is 31.1 Å². The third kappa shape index (κ3) is 5.65. The molecule has 184 valence electrons. The van der Waals surface area contributed by atoms with Gasteiger partial charge in [-0.05, 0) is 23.3 Å². The van der Waals surface area contributed by atoms with Crippen molar-refractivity contribution in [1.29, 1.82) is 0 Å². The van der Waals surface area contributed by atoms with Crippen molar-refractivity contribution in [2.75, 3.05) is 31.1 Å². The molecular weight excluding hydrogens is 488 g/mol. The minimum absolute atomic E-state index is 0.0107. The van der Waals surface area contributed by atoms with Gasteiger partial charge in [0.2, 0.25) is 12.2 Å². The number of carbonyl (C=O) groups is 1. The van der Waals surface area contributed by atoms with E-state index in [1.165, 1.54) is 53.4 Å². The molecule has 1 unspecified atom stereocenters. The Balaban J connectivity index is 1.93. The Morgan fingerprint density at radius 1 is 0.943 bits per heavy atom. The van der Waals surface area contributed by atoms with Gasteiger partial charge in [-0.3, -0.25) is 4.79 Å². The zero-order valence-corrected chi connectivity index (χ0v) is 19.0. The Morgan fingerprint density at radius 3 is 2.09 bits per heavy atom. The van der Waals surface area contributed by atoms with Gasteiger partial charge in [0, 0.05) is 31.7 Å². The summed E-state index contributed by atoms with van der Waals surface area (Å²) < 4.78 is 75.4. The van der Waals surface area contributed by atoms with Gasteiger partial charge in [0.05, 0.1) is 17.0 Å². The summed E-state index contributed by atoms with van der Waals surface area (Å²) in [5, 5.41) is 0. The van der Waals surface area contributed by atoms with E-state index in [1.807, 2.05) is 0 Å². The van der Waals surface area contributed by atoms with E-state index in [2.05, 4.69) is 9.97 Å². The molecule has 0 radical (unpaired) electrons. The topological polar surface area (TPSA) is 86.6 Å². The van der Waals surface area contributed by atoms with Gasteiger partial charge in [0.1, 0.15) is 11.6 Å². The van der Waals surface area contributed by atoms with Crippen LogP contribution in [0.5, 0.6) is 0 Å². The zero-order valence-electron chi connectivity index (χ0n) is 18.2. The summed E-state index contributed by atoms with van der Waals surface area (Å²) >= 11 is -2.08. The Hall–Kier alpha value is -3.38. The molecule has 2 aromatic carbocycles. The van der Waals surface area contributed by atoms with E-state index in [0.717, 1.165) is 0 Å². The molecule has 1 amide bonds. The molecule has 0 aliphatic carbocycles. The number of benzene rings is 2. The normalized spacial score (nSPS) is 15.2. The molecule has 1 fully saturated rings. The highest BCUT2D eigenvalue weighted by molar-refractivity contribution is 7.78. The van der Waals surface area contributed by atoms with Crippen molar-refractivity contribution in [3.8, 4) is 22.4 Å². The first-order valence-corrected chi connectivity index (χ1v) is 11.8. The van der Waals surface area contributed by atoms with Crippen LogP contribution in [0.25, 0.3) is 22.4 Å². The number of aromatic nitrogens is 2. The van der Waals surface area contributed by atoms with Crippen LogP contribution in [-0.4, -0.2) is 56.2 Å². The van der Waals surface area contributed by atoms with Crippen LogP contribution in [0, 0.1) is 5.82 Å². The predicted octanol–water partition coefficient (Wildman–Crippen LogP) is 3.97. The maximum Gasteiger partial charge on any atom is 0.451 e. The first-order valence-electron chi connectivity index (χ1n) is 10.5. The second-order valence-electron chi connectivity index (χ2n) is 7.89. The molecule has 1 aliphatic heterocycles. The summed E-state index contributed by atoms with van der Waals surface area (Å²) in [5.41, 5.74) is 1.55. The average Bonchev–Trinajstić information content (AvgIpc) is 2.83. The van der Waals surface area contributed by atoms with Crippen LogP contribution in [0.3, 0.4) is 0 Å². The standard InChI is InChI=1S/C23H20F4N4O3S/c24-18-7-5-16(6-8-18)19-20(17-3-1-15(2-4-17)13-35(33)34)28-22(23(25,26)27)29-21(19)31-11-9-30(14-32)10-12-31/h1-8,14H,9-13H2,(H,33,34). The second-order valence-corrected chi connectivity index (χ2v) is 8.82. The molecule has 3 aromatic rings. The summed E-state index contributed by atoms with van der Waals surface area (Å²) in [6, 6.07) is 11.4. The Morgan fingerprint density at radius 2 is 1.54 bits per heavy atom. The molecule has 2 heterocycles. The van der Waals surface area contributed by atoms with Crippen LogP contribution in [0.15, 0.2) is 48.5 Å². The van der Waals surface area contributed by atoms with E-state index < -0.39 is 28.9 Å². The molecule has 1 aromatic heterocycles. The van der Waals surface area contributed by atoms with E-state index >= 15 is 0 Å². The molecule has 4 rings (SSSR count). The van der Waals surface area contributed by atoms with E-state index in [9.17, 15) is 26.6 Å². The quantitative estimate of drug-likeness (QED) is 0.308. The van der Waals surface area contributed by atoms with Crippen LogP contribution in [0.4, 0.5) is 23.4 Å². The summed E-state index contributed by atoms with van der Waals surface area (Å²) in [6.45, 7) is 1.12. The van der Waals surface area contributed by atoms with Crippen molar-refractivity contribution in [1.82, 2.24) is 14.9 Å². The fraction of sp³-hybridized carbons (Fsp3) is 0.261. The number of halogens is 4. The largest absolute Gasteiger partial charge is 0.451 e. The van der Waals surface area contributed by atoms with Gasteiger partial charge in [0.25, 0.3) is 0 Å². The number of anilines is 1. The molecule has 1 aliphatic rings. The maximum absolute atomic E-state index is 13.8. The van der Waals surface area contributed by atoms with Gasteiger partial charge in [-0.1, -0.05) is 36.4 Å². The first kappa shape index (κ1) is 24.7. The molecule has 1 atom stereocenters.